The first-order valence-corrected chi connectivity index (χ1v) is 9.41. The van der Waals surface area contributed by atoms with E-state index in [-0.39, 0.29) is 31.0 Å². The number of alkyl halides is 3. The van der Waals surface area contributed by atoms with Crippen molar-refractivity contribution >= 4 is 23.5 Å². The number of carbonyl (C=O) groups excluding carboxylic acids is 3. The lowest BCUT2D eigenvalue weighted by atomic mass is 10.1. The molecule has 0 saturated heterocycles. The van der Waals surface area contributed by atoms with Crippen LogP contribution in [0, 0.1) is 0 Å². The number of benzene rings is 1. The summed E-state index contributed by atoms with van der Waals surface area (Å²) < 4.78 is 49.5. The molecule has 1 aromatic heterocycles. The van der Waals surface area contributed by atoms with Crippen molar-refractivity contribution in [3.63, 3.8) is 0 Å². The minimum absolute atomic E-state index is 0.0144. The maximum Gasteiger partial charge on any atom is 0.416 e. The fourth-order valence-electron chi connectivity index (χ4n) is 2.71. The molecular formula is C19H21F3N4O5. The SMILES string of the molecule is CCOC(=O)c1nnn([C@H](CC)C(=O)Nc2cccc(C(F)(F)F)c2)c1C(=O)OCC. The topological polar surface area (TPSA) is 112 Å². The quantitative estimate of drug-likeness (QED) is 0.625. The number of amides is 1. The summed E-state index contributed by atoms with van der Waals surface area (Å²) in [5, 5.41) is 9.76. The lowest BCUT2D eigenvalue weighted by Gasteiger charge is -2.17. The number of anilines is 1. The fraction of sp³-hybridized carbons (Fsp3) is 0.421. The van der Waals surface area contributed by atoms with E-state index in [1.54, 1.807) is 20.8 Å². The summed E-state index contributed by atoms with van der Waals surface area (Å²) in [4.78, 5) is 37.4. The predicted molar refractivity (Wildman–Crippen MR) is 101 cm³/mol. The normalized spacial score (nSPS) is 12.2. The van der Waals surface area contributed by atoms with Crippen LogP contribution in [0.2, 0.25) is 0 Å². The van der Waals surface area contributed by atoms with Gasteiger partial charge in [-0.15, -0.1) is 5.10 Å². The molecule has 1 heterocycles. The van der Waals surface area contributed by atoms with Crippen LogP contribution >= 0.6 is 0 Å². The molecule has 31 heavy (non-hydrogen) atoms. The Labute approximate surface area is 175 Å². The molecule has 0 aliphatic heterocycles. The highest BCUT2D eigenvalue weighted by Crippen LogP contribution is 2.31. The Balaban J connectivity index is 2.40. The van der Waals surface area contributed by atoms with Crippen molar-refractivity contribution in [2.24, 2.45) is 0 Å². The van der Waals surface area contributed by atoms with E-state index in [0.717, 1.165) is 22.9 Å². The first kappa shape index (κ1) is 23.8. The second-order valence-corrected chi connectivity index (χ2v) is 6.16. The van der Waals surface area contributed by atoms with Crippen LogP contribution in [0.4, 0.5) is 18.9 Å². The summed E-state index contributed by atoms with van der Waals surface area (Å²) in [6.45, 7) is 4.70. The number of carbonyl (C=O) groups is 3. The number of aromatic nitrogens is 3. The van der Waals surface area contributed by atoms with E-state index in [0.29, 0.717) is 0 Å². The summed E-state index contributed by atoms with van der Waals surface area (Å²) >= 11 is 0. The molecule has 0 aliphatic carbocycles. The molecule has 1 N–H and O–H groups in total. The van der Waals surface area contributed by atoms with Gasteiger partial charge in [0.1, 0.15) is 6.04 Å². The van der Waals surface area contributed by atoms with Crippen LogP contribution in [0.25, 0.3) is 0 Å². The molecule has 0 saturated carbocycles. The van der Waals surface area contributed by atoms with E-state index in [2.05, 4.69) is 15.6 Å². The van der Waals surface area contributed by atoms with E-state index < -0.39 is 41.3 Å². The third-order valence-corrected chi connectivity index (χ3v) is 4.07. The predicted octanol–water partition coefficient (Wildman–Crippen LogP) is 3.24. The number of nitrogens with one attached hydrogen (secondary N) is 1. The molecule has 2 rings (SSSR count). The Hall–Kier alpha value is -3.44. The number of hydrogen-bond acceptors (Lipinski definition) is 7. The molecule has 0 bridgehead atoms. The van der Waals surface area contributed by atoms with Crippen molar-refractivity contribution in [2.75, 3.05) is 18.5 Å². The van der Waals surface area contributed by atoms with Gasteiger partial charge in [-0.05, 0) is 38.5 Å². The minimum atomic E-state index is -4.58. The molecule has 0 aliphatic rings. The first-order valence-electron chi connectivity index (χ1n) is 9.41. The van der Waals surface area contributed by atoms with Gasteiger partial charge in [-0.1, -0.05) is 18.2 Å². The average Bonchev–Trinajstić information content (AvgIpc) is 3.13. The van der Waals surface area contributed by atoms with Crippen LogP contribution in [-0.2, 0) is 20.4 Å². The number of nitrogens with zero attached hydrogens (tertiary/aromatic N) is 3. The lowest BCUT2D eigenvalue weighted by Crippen LogP contribution is -2.30. The molecule has 0 unspecified atom stereocenters. The van der Waals surface area contributed by atoms with Crippen molar-refractivity contribution in [3.05, 3.63) is 41.2 Å². The van der Waals surface area contributed by atoms with Gasteiger partial charge in [0, 0.05) is 5.69 Å². The van der Waals surface area contributed by atoms with Crippen LogP contribution < -0.4 is 5.32 Å². The molecule has 168 valence electrons. The van der Waals surface area contributed by atoms with Crippen molar-refractivity contribution < 1.29 is 37.0 Å². The molecular weight excluding hydrogens is 421 g/mol. The summed E-state index contributed by atoms with van der Waals surface area (Å²) in [6.07, 6.45) is -4.49. The van der Waals surface area contributed by atoms with Crippen molar-refractivity contribution in [1.82, 2.24) is 15.0 Å². The zero-order valence-electron chi connectivity index (χ0n) is 17.0. The monoisotopic (exact) mass is 442 g/mol. The molecule has 1 atom stereocenters. The highest BCUT2D eigenvalue weighted by Gasteiger charge is 2.34. The Morgan fingerprint density at radius 1 is 1.10 bits per heavy atom. The number of hydrogen-bond donors (Lipinski definition) is 1. The summed E-state index contributed by atoms with van der Waals surface area (Å²) in [5.41, 5.74) is -1.84. The van der Waals surface area contributed by atoms with Crippen LogP contribution in [-0.4, -0.2) is 46.1 Å². The van der Waals surface area contributed by atoms with E-state index in [1.807, 2.05) is 0 Å². The van der Waals surface area contributed by atoms with Crippen LogP contribution in [0.5, 0.6) is 0 Å². The Morgan fingerprint density at radius 3 is 2.32 bits per heavy atom. The fourth-order valence-corrected chi connectivity index (χ4v) is 2.71. The zero-order chi connectivity index (χ0) is 23.2. The second kappa shape index (κ2) is 10.0. The molecule has 1 aromatic carbocycles. The van der Waals surface area contributed by atoms with Gasteiger partial charge in [-0.3, -0.25) is 4.79 Å². The third kappa shape index (κ3) is 5.58. The molecule has 12 heteroatoms. The molecule has 0 fully saturated rings. The molecule has 9 nitrogen and oxygen atoms in total. The van der Waals surface area contributed by atoms with Gasteiger partial charge in [-0.2, -0.15) is 13.2 Å². The van der Waals surface area contributed by atoms with Gasteiger partial charge in [-0.25, -0.2) is 14.3 Å². The van der Waals surface area contributed by atoms with Gasteiger partial charge < -0.3 is 14.8 Å². The maximum absolute atomic E-state index is 12.9. The maximum atomic E-state index is 12.9. The average molecular weight is 442 g/mol. The standard InChI is InChI=1S/C19H21F3N4O5/c1-4-13(16(27)23-12-9-7-8-11(10-12)19(20,21)22)26-15(18(29)31-6-3)14(24-25-26)17(28)30-5-2/h7-10,13H,4-6H2,1-3H3,(H,23,27)/t13-/m1/s1. The number of rotatable bonds is 8. The third-order valence-electron chi connectivity index (χ3n) is 4.07. The Kier molecular flexibility index (Phi) is 7.72. The van der Waals surface area contributed by atoms with Gasteiger partial charge in [0.05, 0.1) is 18.8 Å². The van der Waals surface area contributed by atoms with Crippen molar-refractivity contribution in [1.29, 1.82) is 0 Å². The Bertz CT molecular complexity index is 958. The number of ether oxygens (including phenoxy) is 2. The van der Waals surface area contributed by atoms with E-state index in [1.165, 1.54) is 6.07 Å². The van der Waals surface area contributed by atoms with Gasteiger partial charge in [0.2, 0.25) is 11.6 Å². The van der Waals surface area contributed by atoms with Crippen LogP contribution in [0.15, 0.2) is 24.3 Å². The van der Waals surface area contributed by atoms with Gasteiger partial charge >= 0.3 is 18.1 Å². The minimum Gasteiger partial charge on any atom is -0.461 e. The first-order chi connectivity index (χ1) is 14.6. The largest absolute Gasteiger partial charge is 0.461 e. The molecule has 1 amide bonds. The molecule has 0 spiro atoms. The van der Waals surface area contributed by atoms with Gasteiger partial charge in [0.25, 0.3) is 0 Å². The highest BCUT2D eigenvalue weighted by molar-refractivity contribution is 6.01. The molecule has 2 aromatic rings. The van der Waals surface area contributed by atoms with Crippen molar-refractivity contribution in [3.8, 4) is 0 Å². The Morgan fingerprint density at radius 2 is 1.74 bits per heavy atom. The van der Waals surface area contributed by atoms with E-state index >= 15 is 0 Å². The van der Waals surface area contributed by atoms with Gasteiger partial charge in [0.15, 0.2) is 5.69 Å². The van der Waals surface area contributed by atoms with E-state index in [9.17, 15) is 27.6 Å². The van der Waals surface area contributed by atoms with E-state index in [4.69, 9.17) is 9.47 Å². The zero-order valence-corrected chi connectivity index (χ0v) is 17.0. The van der Waals surface area contributed by atoms with Crippen LogP contribution in [0.1, 0.15) is 59.8 Å². The second-order valence-electron chi connectivity index (χ2n) is 6.16. The summed E-state index contributed by atoms with van der Waals surface area (Å²) in [6, 6.07) is 2.93. The number of halogens is 3. The summed E-state index contributed by atoms with van der Waals surface area (Å²) in [7, 11) is 0. The number of esters is 2. The van der Waals surface area contributed by atoms with Crippen LogP contribution in [0.3, 0.4) is 0 Å². The summed E-state index contributed by atoms with van der Waals surface area (Å²) in [5.74, 6) is -2.63. The molecule has 0 radical (unpaired) electrons. The lowest BCUT2D eigenvalue weighted by molar-refractivity contribution is -0.137. The van der Waals surface area contributed by atoms with Crippen molar-refractivity contribution in [2.45, 2.75) is 39.4 Å². The smallest absolute Gasteiger partial charge is 0.416 e. The highest BCUT2D eigenvalue weighted by atomic mass is 19.4.